The van der Waals surface area contributed by atoms with Gasteiger partial charge >= 0.3 is 13.2 Å². The monoisotopic (exact) mass is 432 g/mol. The van der Waals surface area contributed by atoms with Gasteiger partial charge in [0.05, 0.1) is 28.4 Å². The lowest BCUT2D eigenvalue weighted by Crippen LogP contribution is -2.41. The number of amides is 1. The largest absolute Gasteiger partial charge is 0.498 e. The molecule has 168 valence electrons. The van der Waals surface area contributed by atoms with E-state index in [0.29, 0.717) is 23.3 Å². The van der Waals surface area contributed by atoms with Gasteiger partial charge in [0.1, 0.15) is 0 Å². The van der Waals surface area contributed by atoms with Gasteiger partial charge in [-0.3, -0.25) is 14.8 Å². The zero-order valence-electron chi connectivity index (χ0n) is 18.8. The summed E-state index contributed by atoms with van der Waals surface area (Å²) in [5.41, 5.74) is 0.434. The highest BCUT2D eigenvalue weighted by molar-refractivity contribution is 6.63. The molecule has 2 rings (SSSR count). The standard InChI is InChI=1S/C20H29BN4O6/c1-8-15(10-9-14(2)25(28)29)17-16(21-30-19(3,4)20(5,6)31-21)13-24(22-17)12-11-23(7)18(26)27/h8-10,13H,2,11-12H2,1,3-7H3,(H,26,27)/b10-9-,15-8-. The number of hydrogen-bond donors (Lipinski definition) is 1. The van der Waals surface area contributed by atoms with Gasteiger partial charge in [0.15, 0.2) is 0 Å². The number of rotatable bonds is 8. The van der Waals surface area contributed by atoms with E-state index in [9.17, 15) is 14.9 Å². The molecule has 1 N–H and O–H groups in total. The van der Waals surface area contributed by atoms with Crippen LogP contribution in [0.25, 0.3) is 5.57 Å². The molecule has 1 aromatic heterocycles. The van der Waals surface area contributed by atoms with Crippen LogP contribution in [0.3, 0.4) is 0 Å². The molecule has 31 heavy (non-hydrogen) atoms. The van der Waals surface area contributed by atoms with Crippen LogP contribution in [0.2, 0.25) is 0 Å². The molecule has 0 bridgehead atoms. The molecule has 0 saturated carbocycles. The minimum atomic E-state index is -1.03. The maximum absolute atomic E-state index is 11.1. The summed E-state index contributed by atoms with van der Waals surface area (Å²) in [6.07, 6.45) is 5.37. The van der Waals surface area contributed by atoms with Crippen molar-refractivity contribution in [1.82, 2.24) is 14.7 Å². The first kappa shape index (κ1) is 24.4. The van der Waals surface area contributed by atoms with Crippen molar-refractivity contribution in [2.24, 2.45) is 0 Å². The van der Waals surface area contributed by atoms with Crippen molar-refractivity contribution in [1.29, 1.82) is 0 Å². The molecule has 1 aromatic rings. The van der Waals surface area contributed by atoms with E-state index in [1.165, 1.54) is 13.1 Å². The summed E-state index contributed by atoms with van der Waals surface area (Å²) in [7, 11) is 0.776. The van der Waals surface area contributed by atoms with Crippen LogP contribution in [0.1, 0.15) is 40.3 Å². The summed E-state index contributed by atoms with van der Waals surface area (Å²) in [6.45, 7) is 13.5. The Morgan fingerprint density at radius 3 is 2.42 bits per heavy atom. The van der Waals surface area contributed by atoms with Crippen molar-refractivity contribution in [2.75, 3.05) is 13.6 Å². The van der Waals surface area contributed by atoms with E-state index in [1.54, 1.807) is 30.0 Å². The summed E-state index contributed by atoms with van der Waals surface area (Å²) in [6, 6.07) is 0. The molecule has 1 saturated heterocycles. The van der Waals surface area contributed by atoms with Crippen LogP contribution in [-0.4, -0.2) is 62.7 Å². The van der Waals surface area contributed by atoms with E-state index in [-0.39, 0.29) is 12.2 Å². The van der Waals surface area contributed by atoms with Crippen molar-refractivity contribution < 1.29 is 24.1 Å². The fraction of sp³-hybridized carbons (Fsp3) is 0.500. The number of aromatic nitrogens is 2. The zero-order chi connectivity index (χ0) is 23.6. The third-order valence-electron chi connectivity index (χ3n) is 5.56. The Kier molecular flexibility index (Phi) is 7.12. The lowest BCUT2D eigenvalue weighted by atomic mass is 9.78. The molecule has 0 spiro atoms. The minimum Gasteiger partial charge on any atom is -0.465 e. The van der Waals surface area contributed by atoms with Crippen molar-refractivity contribution in [3.8, 4) is 0 Å². The van der Waals surface area contributed by atoms with Gasteiger partial charge in [0.25, 0.3) is 5.70 Å². The van der Waals surface area contributed by atoms with Crippen molar-refractivity contribution in [3.63, 3.8) is 0 Å². The Morgan fingerprint density at radius 1 is 1.35 bits per heavy atom. The van der Waals surface area contributed by atoms with E-state index in [2.05, 4.69) is 11.7 Å². The second-order valence-electron chi connectivity index (χ2n) is 8.31. The van der Waals surface area contributed by atoms with Crippen LogP contribution in [0.5, 0.6) is 0 Å². The van der Waals surface area contributed by atoms with E-state index in [4.69, 9.17) is 14.4 Å². The number of nitrogens with zero attached hydrogens (tertiary/aromatic N) is 4. The number of nitro groups is 1. The molecule has 0 aliphatic carbocycles. The van der Waals surface area contributed by atoms with Gasteiger partial charge in [-0.2, -0.15) is 5.10 Å². The number of carboxylic acid groups (broad SMARTS) is 1. The van der Waals surface area contributed by atoms with Gasteiger partial charge in [-0.25, -0.2) is 4.79 Å². The molecule has 0 radical (unpaired) electrons. The van der Waals surface area contributed by atoms with E-state index >= 15 is 0 Å². The summed E-state index contributed by atoms with van der Waals surface area (Å²) in [5.74, 6) is 0. The van der Waals surface area contributed by atoms with Crippen molar-refractivity contribution in [2.45, 2.75) is 52.4 Å². The Balaban J connectivity index is 2.43. The molecular weight excluding hydrogens is 403 g/mol. The molecule has 1 aliphatic heterocycles. The van der Waals surface area contributed by atoms with E-state index in [1.807, 2.05) is 27.7 Å². The van der Waals surface area contributed by atoms with Crippen molar-refractivity contribution >= 4 is 24.2 Å². The average molecular weight is 432 g/mol. The summed E-state index contributed by atoms with van der Waals surface area (Å²) < 4.78 is 14.0. The number of likely N-dealkylation sites (N-methyl/N-ethyl adjacent to an activating group) is 1. The zero-order valence-corrected chi connectivity index (χ0v) is 18.8. The third kappa shape index (κ3) is 5.42. The maximum atomic E-state index is 11.1. The second-order valence-corrected chi connectivity index (χ2v) is 8.31. The van der Waals surface area contributed by atoms with Gasteiger partial charge in [-0.15, -0.1) is 0 Å². The fourth-order valence-corrected chi connectivity index (χ4v) is 2.83. The smallest absolute Gasteiger partial charge is 0.465 e. The van der Waals surface area contributed by atoms with Gasteiger partial charge in [0.2, 0.25) is 0 Å². The van der Waals surface area contributed by atoms with Crippen LogP contribution in [-0.2, 0) is 15.9 Å². The SMILES string of the molecule is C=C(/C=C\C(=C\C)c1nn(CCN(C)C(=O)O)cc1B1OC(C)(C)C(C)(C)O1)[N+](=O)[O-]. The number of hydrogen-bond acceptors (Lipinski definition) is 6. The molecule has 0 atom stereocenters. The second kappa shape index (κ2) is 9.07. The number of allylic oxidation sites excluding steroid dienone is 4. The fourth-order valence-electron chi connectivity index (χ4n) is 2.83. The predicted octanol–water partition coefficient (Wildman–Crippen LogP) is 2.54. The van der Waals surface area contributed by atoms with Crippen LogP contribution in [0, 0.1) is 10.1 Å². The molecule has 11 heteroatoms. The summed E-state index contributed by atoms with van der Waals surface area (Å²) in [5, 5.41) is 24.6. The topological polar surface area (TPSA) is 120 Å². The normalized spacial score (nSPS) is 17.9. The Labute approximate surface area is 182 Å². The van der Waals surface area contributed by atoms with Crippen LogP contribution >= 0.6 is 0 Å². The maximum Gasteiger partial charge on any atom is 0.498 e. The Morgan fingerprint density at radius 2 is 1.94 bits per heavy atom. The first-order valence-electron chi connectivity index (χ1n) is 9.84. The van der Waals surface area contributed by atoms with Crippen molar-refractivity contribution in [3.05, 3.63) is 52.5 Å². The van der Waals surface area contributed by atoms with Crippen LogP contribution < -0.4 is 5.46 Å². The quantitative estimate of drug-likeness (QED) is 0.290. The lowest BCUT2D eigenvalue weighted by molar-refractivity contribution is -0.418. The van der Waals surface area contributed by atoms with Gasteiger partial charge in [-0.1, -0.05) is 6.08 Å². The Bertz CT molecular complexity index is 918. The average Bonchev–Trinajstić information content (AvgIpc) is 3.17. The highest BCUT2D eigenvalue weighted by Crippen LogP contribution is 2.37. The van der Waals surface area contributed by atoms with E-state index < -0.39 is 29.3 Å². The first-order chi connectivity index (χ1) is 14.3. The molecule has 0 aromatic carbocycles. The van der Waals surface area contributed by atoms with Gasteiger partial charge < -0.3 is 19.3 Å². The molecule has 1 fully saturated rings. The van der Waals surface area contributed by atoms with Gasteiger partial charge in [0, 0.05) is 31.3 Å². The summed E-state index contributed by atoms with van der Waals surface area (Å²) in [4.78, 5) is 22.6. The molecule has 1 aliphatic rings. The van der Waals surface area contributed by atoms with Gasteiger partial charge in [-0.05, 0) is 52.8 Å². The molecule has 1 amide bonds. The number of carbonyl (C=O) groups is 1. The van der Waals surface area contributed by atoms with E-state index in [0.717, 1.165) is 4.90 Å². The lowest BCUT2D eigenvalue weighted by Gasteiger charge is -2.32. The predicted molar refractivity (Wildman–Crippen MR) is 118 cm³/mol. The highest BCUT2D eigenvalue weighted by Gasteiger charge is 2.52. The molecule has 10 nitrogen and oxygen atoms in total. The third-order valence-corrected chi connectivity index (χ3v) is 5.56. The Hall–Kier alpha value is -2.92. The molecule has 0 unspecified atom stereocenters. The first-order valence-corrected chi connectivity index (χ1v) is 9.84. The molecule has 2 heterocycles. The van der Waals surface area contributed by atoms with Crippen LogP contribution in [0.15, 0.2) is 36.7 Å². The van der Waals surface area contributed by atoms with Crippen LogP contribution in [0.4, 0.5) is 4.79 Å². The minimum absolute atomic E-state index is 0.235. The highest BCUT2D eigenvalue weighted by atomic mass is 16.7. The molecular formula is C20H29BN4O6. The summed E-state index contributed by atoms with van der Waals surface area (Å²) >= 11 is 0.